The lowest BCUT2D eigenvalue weighted by molar-refractivity contribution is -0.385. The summed E-state index contributed by atoms with van der Waals surface area (Å²) < 4.78 is 1.59. The number of anilines is 1. The zero-order chi connectivity index (χ0) is 20.3. The van der Waals surface area contributed by atoms with Gasteiger partial charge in [0.2, 0.25) is 11.1 Å². The number of benzene rings is 2. The topological polar surface area (TPSA) is 116 Å². The Bertz CT molecular complexity index is 1050. The van der Waals surface area contributed by atoms with E-state index < -0.39 is 4.92 Å². The van der Waals surface area contributed by atoms with Gasteiger partial charge in [-0.2, -0.15) is 4.68 Å². The number of nitro groups is 1. The van der Waals surface area contributed by atoms with Crippen LogP contribution in [0.5, 0.6) is 0 Å². The largest absolute Gasteiger partial charge is 0.325 e. The molecular formula is C18H18N6O3S. The molecule has 0 unspecified atom stereocenters. The van der Waals surface area contributed by atoms with Gasteiger partial charge in [-0.15, -0.1) is 5.10 Å². The smallest absolute Gasteiger partial charge is 0.274 e. The molecule has 1 aromatic heterocycles. The third-order valence-electron chi connectivity index (χ3n) is 4.04. The van der Waals surface area contributed by atoms with E-state index in [2.05, 4.69) is 20.8 Å². The first-order valence-electron chi connectivity index (χ1n) is 8.39. The standard InChI is InChI=1S/C18H18N6O3S/c1-11-4-7-15(13(3)8-11)23-18(20-21-22-23)28-10-17(25)19-14-6-5-12(2)16(9-14)24(26)27/h4-9H,10H2,1-3H3,(H,19,25). The lowest BCUT2D eigenvalue weighted by Crippen LogP contribution is -2.15. The number of aryl methyl sites for hydroxylation is 3. The molecule has 0 spiro atoms. The maximum absolute atomic E-state index is 12.3. The summed E-state index contributed by atoms with van der Waals surface area (Å²) in [6.45, 7) is 5.62. The summed E-state index contributed by atoms with van der Waals surface area (Å²) in [6.07, 6.45) is 0. The van der Waals surface area contributed by atoms with Crippen LogP contribution in [-0.4, -0.2) is 36.8 Å². The fourth-order valence-electron chi connectivity index (χ4n) is 2.67. The predicted molar refractivity (Wildman–Crippen MR) is 106 cm³/mol. The molecule has 0 aliphatic heterocycles. The predicted octanol–water partition coefficient (Wildman–Crippen LogP) is 3.23. The number of nitrogens with one attached hydrogen (secondary N) is 1. The van der Waals surface area contributed by atoms with Gasteiger partial charge >= 0.3 is 0 Å². The van der Waals surface area contributed by atoms with Crippen molar-refractivity contribution in [2.24, 2.45) is 0 Å². The van der Waals surface area contributed by atoms with Gasteiger partial charge in [-0.25, -0.2) is 0 Å². The van der Waals surface area contributed by atoms with Crippen LogP contribution in [0, 0.1) is 30.9 Å². The van der Waals surface area contributed by atoms with Crippen molar-refractivity contribution >= 4 is 29.0 Å². The van der Waals surface area contributed by atoms with Crippen molar-refractivity contribution in [1.82, 2.24) is 20.2 Å². The van der Waals surface area contributed by atoms with Crippen molar-refractivity contribution in [2.75, 3.05) is 11.1 Å². The van der Waals surface area contributed by atoms with Gasteiger partial charge in [-0.05, 0) is 48.9 Å². The molecule has 0 aliphatic rings. The summed E-state index contributed by atoms with van der Waals surface area (Å²) in [7, 11) is 0. The number of carbonyl (C=O) groups excluding carboxylic acids is 1. The Morgan fingerprint density at radius 2 is 1.96 bits per heavy atom. The highest BCUT2D eigenvalue weighted by atomic mass is 32.2. The van der Waals surface area contributed by atoms with E-state index in [1.54, 1.807) is 23.7 Å². The summed E-state index contributed by atoms with van der Waals surface area (Å²) in [5.74, 6) is -0.245. The first-order valence-corrected chi connectivity index (χ1v) is 9.37. The first kappa shape index (κ1) is 19.5. The number of hydrogen-bond acceptors (Lipinski definition) is 7. The molecule has 0 atom stereocenters. The Balaban J connectivity index is 1.69. The molecule has 1 heterocycles. The van der Waals surface area contributed by atoms with Gasteiger partial charge in [0.05, 0.1) is 16.4 Å². The molecule has 1 N–H and O–H groups in total. The van der Waals surface area contributed by atoms with Crippen LogP contribution in [0.4, 0.5) is 11.4 Å². The van der Waals surface area contributed by atoms with E-state index in [0.717, 1.165) is 16.8 Å². The van der Waals surface area contributed by atoms with E-state index in [1.165, 1.54) is 17.8 Å². The molecule has 28 heavy (non-hydrogen) atoms. The van der Waals surface area contributed by atoms with Crippen LogP contribution >= 0.6 is 11.8 Å². The molecule has 0 radical (unpaired) electrons. The van der Waals surface area contributed by atoms with Crippen LogP contribution in [0.1, 0.15) is 16.7 Å². The summed E-state index contributed by atoms with van der Waals surface area (Å²) >= 11 is 1.18. The van der Waals surface area contributed by atoms with Crippen LogP contribution in [0.3, 0.4) is 0 Å². The van der Waals surface area contributed by atoms with Gasteiger partial charge < -0.3 is 5.32 Å². The second-order valence-corrected chi connectivity index (χ2v) is 7.20. The van der Waals surface area contributed by atoms with E-state index in [4.69, 9.17) is 0 Å². The van der Waals surface area contributed by atoms with E-state index in [0.29, 0.717) is 16.4 Å². The zero-order valence-electron chi connectivity index (χ0n) is 15.5. The molecule has 144 valence electrons. The third-order valence-corrected chi connectivity index (χ3v) is 4.96. The molecular weight excluding hydrogens is 380 g/mol. The molecule has 0 fully saturated rings. The van der Waals surface area contributed by atoms with E-state index in [-0.39, 0.29) is 17.3 Å². The Morgan fingerprint density at radius 1 is 1.18 bits per heavy atom. The van der Waals surface area contributed by atoms with Crippen molar-refractivity contribution < 1.29 is 9.72 Å². The van der Waals surface area contributed by atoms with Gasteiger partial charge in [0, 0.05) is 17.3 Å². The summed E-state index contributed by atoms with van der Waals surface area (Å²) in [5, 5.41) is 25.9. The van der Waals surface area contributed by atoms with E-state index in [1.807, 2.05) is 32.0 Å². The number of amides is 1. The Morgan fingerprint density at radius 3 is 2.68 bits per heavy atom. The minimum atomic E-state index is -0.474. The molecule has 0 saturated carbocycles. The van der Waals surface area contributed by atoms with Gasteiger partial charge in [-0.3, -0.25) is 14.9 Å². The molecule has 0 saturated heterocycles. The second-order valence-electron chi connectivity index (χ2n) is 6.26. The van der Waals surface area contributed by atoms with Gasteiger partial charge in [0.1, 0.15) is 0 Å². The Kier molecular flexibility index (Phi) is 5.69. The molecule has 0 aliphatic carbocycles. The molecule has 9 nitrogen and oxygen atoms in total. The van der Waals surface area contributed by atoms with Crippen LogP contribution < -0.4 is 5.32 Å². The maximum Gasteiger partial charge on any atom is 0.274 e. The van der Waals surface area contributed by atoms with Crippen LogP contribution in [0.25, 0.3) is 5.69 Å². The molecule has 2 aromatic carbocycles. The van der Waals surface area contributed by atoms with E-state index >= 15 is 0 Å². The monoisotopic (exact) mass is 398 g/mol. The average molecular weight is 398 g/mol. The quantitative estimate of drug-likeness (QED) is 0.385. The molecule has 3 aromatic rings. The first-order chi connectivity index (χ1) is 13.3. The second kappa shape index (κ2) is 8.17. The SMILES string of the molecule is Cc1ccc(-n2nnnc2SCC(=O)Nc2ccc(C)c([N+](=O)[O-])c2)c(C)c1. The number of rotatable bonds is 6. The van der Waals surface area contributed by atoms with Gasteiger partial charge in [-0.1, -0.05) is 35.5 Å². The highest BCUT2D eigenvalue weighted by Gasteiger charge is 2.15. The lowest BCUT2D eigenvalue weighted by atomic mass is 10.1. The van der Waals surface area contributed by atoms with Crippen LogP contribution in [0.15, 0.2) is 41.6 Å². The van der Waals surface area contributed by atoms with E-state index in [9.17, 15) is 14.9 Å². The number of hydrogen-bond donors (Lipinski definition) is 1. The van der Waals surface area contributed by atoms with Crippen molar-refractivity contribution in [3.05, 3.63) is 63.2 Å². The van der Waals surface area contributed by atoms with Crippen molar-refractivity contribution in [1.29, 1.82) is 0 Å². The number of carbonyl (C=O) groups is 1. The van der Waals surface area contributed by atoms with Crippen molar-refractivity contribution in [2.45, 2.75) is 25.9 Å². The zero-order valence-corrected chi connectivity index (χ0v) is 16.4. The summed E-state index contributed by atoms with van der Waals surface area (Å²) in [5.41, 5.74) is 3.86. The number of thioether (sulfide) groups is 1. The van der Waals surface area contributed by atoms with Crippen molar-refractivity contribution in [3.63, 3.8) is 0 Å². The summed E-state index contributed by atoms with van der Waals surface area (Å²) in [4.78, 5) is 22.8. The molecule has 1 amide bonds. The number of nitro benzene ring substituents is 1. The molecule has 10 heteroatoms. The van der Waals surface area contributed by atoms with Crippen LogP contribution in [0.2, 0.25) is 0 Å². The minimum Gasteiger partial charge on any atom is -0.325 e. The number of tetrazole rings is 1. The Labute approximate surface area is 165 Å². The van der Waals surface area contributed by atoms with Gasteiger partial charge in [0.15, 0.2) is 0 Å². The lowest BCUT2D eigenvalue weighted by Gasteiger charge is -2.09. The molecule has 3 rings (SSSR count). The highest BCUT2D eigenvalue weighted by Crippen LogP contribution is 2.24. The highest BCUT2D eigenvalue weighted by molar-refractivity contribution is 7.99. The summed E-state index contributed by atoms with van der Waals surface area (Å²) in [6, 6.07) is 10.5. The maximum atomic E-state index is 12.3. The molecule has 0 bridgehead atoms. The normalized spacial score (nSPS) is 10.7. The Hall–Kier alpha value is -3.27. The minimum absolute atomic E-state index is 0.0377. The van der Waals surface area contributed by atoms with Crippen molar-refractivity contribution in [3.8, 4) is 5.69 Å². The fourth-order valence-corrected chi connectivity index (χ4v) is 3.36. The van der Waals surface area contributed by atoms with Crippen LogP contribution in [-0.2, 0) is 4.79 Å². The third kappa shape index (κ3) is 4.34. The number of aromatic nitrogens is 4. The van der Waals surface area contributed by atoms with Gasteiger partial charge in [0.25, 0.3) is 5.69 Å². The average Bonchev–Trinajstić information content (AvgIpc) is 3.09. The number of nitrogens with zero attached hydrogens (tertiary/aromatic N) is 5. The fraction of sp³-hybridized carbons (Fsp3) is 0.222.